The lowest BCUT2D eigenvalue weighted by atomic mass is 9.88. The Bertz CT molecular complexity index is 3120. The van der Waals surface area contributed by atoms with Crippen molar-refractivity contribution in [3.05, 3.63) is 65.5 Å². The molecule has 3 aromatic rings. The number of hydrogen-bond donors (Lipinski definition) is 21. The fourth-order valence-electron chi connectivity index (χ4n) is 9.63. The minimum atomic E-state index is -1.59. The molecular weight excluding hydrogens is 2460 g/mol. The number of anilines is 3. The summed E-state index contributed by atoms with van der Waals surface area (Å²) in [5.41, 5.74) is -2.32. The second-order valence-corrected chi connectivity index (χ2v) is 33.9. The largest absolute Gasteiger partial charge is 0.394 e. The predicted octanol–water partition coefficient (Wildman–Crippen LogP) is -2.39. The van der Waals surface area contributed by atoms with E-state index in [2.05, 4.69) is 31.9 Å². The van der Waals surface area contributed by atoms with Gasteiger partial charge in [-0.25, -0.2) is 0 Å². The van der Waals surface area contributed by atoms with Crippen LogP contribution in [-0.4, -0.2) is 323 Å². The van der Waals surface area contributed by atoms with Crippen molar-refractivity contribution in [1.82, 2.24) is 31.9 Å². The Morgan fingerprint density at radius 2 is 0.481 bits per heavy atom. The highest BCUT2D eigenvalue weighted by atomic mass is 127. The van der Waals surface area contributed by atoms with E-state index in [9.17, 15) is 120 Å². The summed E-state index contributed by atoms with van der Waals surface area (Å²) in [7, 11) is 0. The van der Waals surface area contributed by atoms with E-state index in [1.54, 1.807) is 210 Å². The van der Waals surface area contributed by atoms with E-state index in [0.29, 0.717) is 0 Å². The molecule has 0 heterocycles. The van der Waals surface area contributed by atoms with Gasteiger partial charge in [-0.15, -0.1) is 0 Å². The van der Waals surface area contributed by atoms with E-state index in [1.807, 2.05) is 0 Å². The van der Waals surface area contributed by atoms with E-state index in [4.69, 9.17) is 14.2 Å². The highest BCUT2D eigenvalue weighted by Gasteiger charge is 2.38. The van der Waals surface area contributed by atoms with E-state index in [0.717, 1.165) is 35.5 Å². The number of ether oxygens (including phenoxy) is 3. The van der Waals surface area contributed by atoms with Crippen molar-refractivity contribution < 1.29 is 134 Å². The summed E-state index contributed by atoms with van der Waals surface area (Å²) >= 11 is 15.9. The van der Waals surface area contributed by atoms with Gasteiger partial charge in [0.05, 0.1) is 226 Å². The Hall–Kier alpha value is -1.26. The Labute approximate surface area is 743 Å². The number of nitrogens with zero attached hydrogens (tertiary/aromatic N) is 3. The zero-order valence-electron chi connectivity index (χ0n) is 58.1. The van der Waals surface area contributed by atoms with Crippen LogP contribution in [0, 0.1) is 37.5 Å². The number of amides is 9. The first-order valence-corrected chi connectivity index (χ1v) is 42.1. The molecule has 108 heavy (non-hydrogen) atoms. The number of aliphatic hydroxyl groups is 15. The molecule has 0 spiro atoms. The zero-order chi connectivity index (χ0) is 81.9. The first kappa shape index (κ1) is 101. The van der Waals surface area contributed by atoms with Gasteiger partial charge in [-0.1, -0.05) is 6.92 Å². The average Bonchev–Trinajstić information content (AvgIpc) is 0.769. The lowest BCUT2D eigenvalue weighted by Gasteiger charge is -2.34. The summed E-state index contributed by atoms with van der Waals surface area (Å²) in [5.74, 6) is -7.14. The van der Waals surface area contributed by atoms with Crippen LogP contribution < -0.4 is 46.6 Å². The second kappa shape index (κ2) is 49.7. The smallest absolute Gasteiger partial charge is 0.253 e. The molecular formula is C63H86I9N9O27. The molecule has 45 heteroatoms. The van der Waals surface area contributed by atoms with Gasteiger partial charge in [0.2, 0.25) is 17.7 Å². The van der Waals surface area contributed by atoms with Crippen LogP contribution in [0.3, 0.4) is 0 Å². The molecule has 36 nitrogen and oxygen atoms in total. The van der Waals surface area contributed by atoms with Crippen molar-refractivity contribution in [3.63, 3.8) is 0 Å². The molecule has 608 valence electrons. The number of rotatable bonds is 46. The standard InChI is InChI=1S/C63H86I9N9O27/c1-5-63(24-106-21-36(97)12-79(27(2)88)54-48(67)39(57(100)73-6-30(91)15-82)45(64)40(49(54)68)58(101)74-7-31(92)16-83,25-107-22-37(98)13-80(28(3)89)55-50(69)41(59(102)75-8-32(93)17-84)46(65)42(51(55)70)60(103)76-9-33(94)18-85)26-108-23-38(99)14-81(29(4)90)56-52(71)43(61(104)77-10-34(95)19-86)47(66)44(53(56)72)62(105)78-11-35(96)20-87/h30-38,82-87,91-99H,5-26H2,1-4H3,(H,73,100)(H,74,101)(H,75,102)(H,76,103)(H,77,104)(H,78,105). The summed E-state index contributed by atoms with van der Waals surface area (Å²) in [6, 6.07) is 0. The molecule has 9 atom stereocenters. The van der Waals surface area contributed by atoms with Crippen molar-refractivity contribution in [2.75, 3.05) is 153 Å². The van der Waals surface area contributed by atoms with E-state index in [-0.39, 0.29) is 109 Å². The van der Waals surface area contributed by atoms with Gasteiger partial charge in [0.1, 0.15) is 0 Å². The molecule has 0 bridgehead atoms. The van der Waals surface area contributed by atoms with Crippen molar-refractivity contribution in [3.8, 4) is 0 Å². The number of carbonyl (C=O) groups is 9. The topological polar surface area (TPSA) is 567 Å². The number of nitrogens with one attached hydrogen (secondary N) is 6. The summed E-state index contributed by atoms with van der Waals surface area (Å²) < 4.78 is 19.5. The van der Waals surface area contributed by atoms with Gasteiger partial charge in [0.15, 0.2) is 0 Å². The second-order valence-electron chi connectivity index (χ2n) is 24.1. The number of carbonyl (C=O) groups excluding carboxylic acids is 9. The summed E-state index contributed by atoms with van der Waals surface area (Å²) in [5, 5.41) is 168. The fourth-order valence-corrected chi connectivity index (χ4v) is 23.8. The van der Waals surface area contributed by atoms with Gasteiger partial charge in [0, 0.05) is 76.2 Å². The highest BCUT2D eigenvalue weighted by Crippen LogP contribution is 2.42. The molecule has 0 aliphatic rings. The zero-order valence-corrected chi connectivity index (χ0v) is 77.5. The summed E-state index contributed by atoms with van der Waals surface area (Å²) in [6.45, 7) is -6.27. The third kappa shape index (κ3) is 29.1. The van der Waals surface area contributed by atoms with E-state index >= 15 is 0 Å². The molecule has 0 aliphatic carbocycles. The molecule has 0 saturated heterocycles. The third-order valence-corrected chi connectivity index (χ3v) is 25.1. The SMILES string of the molecule is CCC(COCC(O)CN(C(C)=O)c1c(I)c(C(=O)NCC(O)CO)c(I)c(C(=O)NCC(O)CO)c1I)(COCC(O)CN(C(C)=O)c1c(I)c(C(=O)NCC(O)CO)c(I)c(C(=O)NCC(O)CO)c1I)COCC(O)CN(C(C)=O)c1c(I)c(C(=O)NCC(O)CO)c(I)c(C(=O)NCC(O)CO)c1I. The molecule has 0 saturated carbocycles. The summed E-state index contributed by atoms with van der Waals surface area (Å²) in [6.07, 6.45) is -13.0. The van der Waals surface area contributed by atoms with Gasteiger partial charge in [0.25, 0.3) is 35.4 Å². The molecule has 3 rings (SSSR count). The van der Waals surface area contributed by atoms with Crippen molar-refractivity contribution >= 4 is 274 Å². The molecule has 3 aromatic carbocycles. The van der Waals surface area contributed by atoms with Crippen molar-refractivity contribution in [1.29, 1.82) is 0 Å². The third-order valence-electron chi connectivity index (χ3n) is 15.5. The quantitative estimate of drug-likeness (QED) is 0.0263. The predicted molar refractivity (Wildman–Crippen MR) is 464 cm³/mol. The lowest BCUT2D eigenvalue weighted by Crippen LogP contribution is -2.44. The molecule has 9 amide bonds. The molecule has 21 N–H and O–H groups in total. The Balaban J connectivity index is 2.21. The van der Waals surface area contributed by atoms with Crippen LogP contribution in [-0.2, 0) is 28.6 Å². The van der Waals surface area contributed by atoms with Crippen LogP contribution in [0.15, 0.2) is 0 Å². The van der Waals surface area contributed by atoms with Crippen LogP contribution in [0.5, 0.6) is 0 Å². The molecule has 0 aromatic heterocycles. The van der Waals surface area contributed by atoms with Crippen LogP contribution >= 0.6 is 203 Å². The minimum absolute atomic E-state index is 0.0288. The normalized spacial score (nSPS) is 14.6. The Morgan fingerprint density at radius 1 is 0.315 bits per heavy atom. The number of hydrogen-bond acceptors (Lipinski definition) is 27. The van der Waals surface area contributed by atoms with E-state index in [1.165, 1.54) is 0 Å². The highest BCUT2D eigenvalue weighted by molar-refractivity contribution is 14.1. The van der Waals surface area contributed by atoms with Crippen LogP contribution in [0.2, 0.25) is 0 Å². The maximum atomic E-state index is 13.9. The van der Waals surface area contributed by atoms with Crippen LogP contribution in [0.4, 0.5) is 17.1 Å². The molecule has 0 aliphatic heterocycles. The molecule has 0 fully saturated rings. The maximum absolute atomic E-state index is 13.9. The number of benzene rings is 3. The lowest BCUT2D eigenvalue weighted by molar-refractivity contribution is -0.117. The van der Waals surface area contributed by atoms with Gasteiger partial charge < -0.3 is 137 Å². The van der Waals surface area contributed by atoms with Crippen LogP contribution in [0.25, 0.3) is 0 Å². The average molecular weight is 2540 g/mol. The fraction of sp³-hybridized carbons (Fsp3) is 0.571. The number of aliphatic hydroxyl groups excluding tert-OH is 15. The summed E-state index contributed by atoms with van der Waals surface area (Å²) in [4.78, 5) is 128. The van der Waals surface area contributed by atoms with Crippen molar-refractivity contribution in [2.24, 2.45) is 5.41 Å². The van der Waals surface area contributed by atoms with Gasteiger partial charge in [-0.05, 0) is 210 Å². The van der Waals surface area contributed by atoms with E-state index < -0.39 is 232 Å². The minimum Gasteiger partial charge on any atom is -0.394 e. The molecule has 9 unspecified atom stereocenters. The molecule has 0 radical (unpaired) electrons. The monoisotopic (exact) mass is 2540 g/mol. The van der Waals surface area contributed by atoms with Crippen molar-refractivity contribution in [2.45, 2.75) is 89.1 Å². The Kier molecular flexibility index (Phi) is 46.5. The maximum Gasteiger partial charge on any atom is 0.253 e. The first-order valence-electron chi connectivity index (χ1n) is 32.4. The first-order chi connectivity index (χ1) is 50.7. The van der Waals surface area contributed by atoms with Gasteiger partial charge >= 0.3 is 0 Å². The van der Waals surface area contributed by atoms with Gasteiger partial charge in [-0.2, -0.15) is 0 Å². The van der Waals surface area contributed by atoms with Crippen LogP contribution in [0.1, 0.15) is 96.3 Å². The van der Waals surface area contributed by atoms with Gasteiger partial charge in [-0.3, -0.25) is 43.2 Å². The number of halogens is 9. The Morgan fingerprint density at radius 3 is 0.620 bits per heavy atom.